The van der Waals surface area contributed by atoms with Crippen molar-refractivity contribution in [3.63, 3.8) is 0 Å². The Kier molecular flexibility index (Phi) is 4.83. The Morgan fingerprint density at radius 3 is 2.84 bits per heavy atom. The molecule has 2 atom stereocenters. The summed E-state index contributed by atoms with van der Waals surface area (Å²) in [6.07, 6.45) is 2.39. The lowest BCUT2D eigenvalue weighted by atomic mass is 10.1. The van der Waals surface area contributed by atoms with E-state index in [0.717, 1.165) is 30.8 Å². The summed E-state index contributed by atoms with van der Waals surface area (Å²) >= 11 is 0. The Hall–Kier alpha value is -1.06. The van der Waals surface area contributed by atoms with E-state index in [2.05, 4.69) is 13.8 Å². The molecular weight excluding hydrogens is 240 g/mol. The van der Waals surface area contributed by atoms with Crippen LogP contribution < -0.4 is 4.74 Å². The van der Waals surface area contributed by atoms with Crippen LogP contribution in [0.4, 0.5) is 0 Å². The van der Waals surface area contributed by atoms with Crippen LogP contribution in [0.25, 0.3) is 0 Å². The first-order chi connectivity index (χ1) is 9.11. The second-order valence-electron chi connectivity index (χ2n) is 5.66. The highest BCUT2D eigenvalue weighted by Crippen LogP contribution is 2.35. The summed E-state index contributed by atoms with van der Waals surface area (Å²) in [7, 11) is 1.64. The summed E-state index contributed by atoms with van der Waals surface area (Å²) in [6, 6.07) is 5.87. The normalized spacial score (nSPS) is 21.7. The van der Waals surface area contributed by atoms with E-state index >= 15 is 0 Å². The van der Waals surface area contributed by atoms with Crippen LogP contribution in [0.1, 0.15) is 43.9 Å². The Morgan fingerprint density at radius 2 is 2.16 bits per heavy atom. The number of hydrogen-bond donors (Lipinski definition) is 1. The number of benzene rings is 1. The maximum Gasteiger partial charge on any atom is 0.119 e. The molecule has 0 aromatic heterocycles. The fraction of sp³-hybridized carbons (Fsp3) is 0.625. The van der Waals surface area contributed by atoms with Crippen LogP contribution in [-0.4, -0.2) is 24.9 Å². The van der Waals surface area contributed by atoms with Gasteiger partial charge in [-0.15, -0.1) is 0 Å². The molecular formula is C16H24O3. The van der Waals surface area contributed by atoms with Crippen molar-refractivity contribution in [2.45, 2.75) is 45.3 Å². The van der Waals surface area contributed by atoms with Gasteiger partial charge in [0.1, 0.15) is 11.9 Å². The maximum absolute atomic E-state index is 10.3. The van der Waals surface area contributed by atoms with Gasteiger partial charge in [-0.1, -0.05) is 19.9 Å². The number of hydrogen-bond acceptors (Lipinski definition) is 3. The van der Waals surface area contributed by atoms with Gasteiger partial charge in [0.25, 0.3) is 0 Å². The summed E-state index contributed by atoms with van der Waals surface area (Å²) in [6.45, 7) is 5.16. The third-order valence-corrected chi connectivity index (χ3v) is 3.70. The molecule has 0 saturated heterocycles. The van der Waals surface area contributed by atoms with Crippen LogP contribution in [0.3, 0.4) is 0 Å². The molecule has 2 unspecified atom stereocenters. The molecule has 0 saturated carbocycles. The maximum atomic E-state index is 10.3. The molecule has 0 heterocycles. The molecule has 19 heavy (non-hydrogen) atoms. The minimum absolute atomic E-state index is 0.103. The fourth-order valence-corrected chi connectivity index (χ4v) is 2.57. The highest BCUT2D eigenvalue weighted by Gasteiger charge is 2.31. The quantitative estimate of drug-likeness (QED) is 0.802. The third-order valence-electron chi connectivity index (χ3n) is 3.70. The largest absolute Gasteiger partial charge is 0.497 e. The highest BCUT2D eigenvalue weighted by atomic mass is 16.5. The molecule has 0 spiro atoms. The Labute approximate surface area is 115 Å². The molecule has 106 valence electrons. The average molecular weight is 264 g/mol. The van der Waals surface area contributed by atoms with Crippen LogP contribution in [-0.2, 0) is 11.2 Å². The van der Waals surface area contributed by atoms with E-state index in [0.29, 0.717) is 5.92 Å². The first-order valence-corrected chi connectivity index (χ1v) is 7.08. The van der Waals surface area contributed by atoms with Crippen molar-refractivity contribution in [3.05, 3.63) is 29.3 Å². The van der Waals surface area contributed by atoms with Gasteiger partial charge in [-0.05, 0) is 42.0 Å². The van der Waals surface area contributed by atoms with Gasteiger partial charge in [0.2, 0.25) is 0 Å². The zero-order chi connectivity index (χ0) is 13.8. The van der Waals surface area contributed by atoms with Crippen molar-refractivity contribution in [1.82, 2.24) is 0 Å². The van der Waals surface area contributed by atoms with E-state index in [-0.39, 0.29) is 6.10 Å². The lowest BCUT2D eigenvalue weighted by molar-refractivity contribution is -0.0294. The summed E-state index contributed by atoms with van der Waals surface area (Å²) in [4.78, 5) is 0. The number of ether oxygens (including phenoxy) is 2. The summed E-state index contributed by atoms with van der Waals surface area (Å²) in [5.74, 6) is 1.50. The number of fused-ring (bicyclic) bond motifs is 1. The molecule has 0 radical (unpaired) electrons. The Balaban J connectivity index is 1.89. The average Bonchev–Trinajstić information content (AvgIpc) is 2.71. The van der Waals surface area contributed by atoms with Gasteiger partial charge in [-0.25, -0.2) is 0 Å². The van der Waals surface area contributed by atoms with Gasteiger partial charge in [0, 0.05) is 13.0 Å². The van der Waals surface area contributed by atoms with Gasteiger partial charge < -0.3 is 14.6 Å². The van der Waals surface area contributed by atoms with Crippen molar-refractivity contribution >= 4 is 0 Å². The predicted molar refractivity (Wildman–Crippen MR) is 75.5 cm³/mol. The zero-order valence-corrected chi connectivity index (χ0v) is 12.1. The standard InChI is InChI=1S/C16H24O3/c1-11(2)5-4-8-19-15-9-12-6-7-13(18-3)10-14(12)16(15)17/h6-7,10-11,15-17H,4-5,8-9H2,1-3H3. The number of rotatable bonds is 6. The SMILES string of the molecule is COc1ccc2c(c1)C(O)C(OCCCC(C)C)C2. The molecule has 0 fully saturated rings. The molecule has 1 aromatic rings. The summed E-state index contributed by atoms with van der Waals surface area (Å²) < 4.78 is 11.0. The molecule has 1 N–H and O–H groups in total. The second-order valence-corrected chi connectivity index (χ2v) is 5.66. The first kappa shape index (κ1) is 14.4. The van der Waals surface area contributed by atoms with E-state index in [1.54, 1.807) is 7.11 Å². The topological polar surface area (TPSA) is 38.7 Å². The first-order valence-electron chi connectivity index (χ1n) is 7.08. The van der Waals surface area contributed by atoms with E-state index in [4.69, 9.17) is 9.47 Å². The second kappa shape index (κ2) is 6.40. The lowest BCUT2D eigenvalue weighted by Crippen LogP contribution is -2.19. The Bertz CT molecular complexity index is 414. The number of methoxy groups -OCH3 is 1. The molecule has 1 aliphatic rings. The fourth-order valence-electron chi connectivity index (χ4n) is 2.57. The van der Waals surface area contributed by atoms with Crippen LogP contribution in [0, 0.1) is 5.92 Å². The van der Waals surface area contributed by atoms with Crippen molar-refractivity contribution in [1.29, 1.82) is 0 Å². The predicted octanol–water partition coefficient (Wildman–Crippen LogP) is 3.11. The molecule has 0 amide bonds. The van der Waals surface area contributed by atoms with Crippen molar-refractivity contribution in [2.24, 2.45) is 5.92 Å². The van der Waals surface area contributed by atoms with Gasteiger partial charge in [0.15, 0.2) is 0 Å². The molecule has 3 heteroatoms. The van der Waals surface area contributed by atoms with E-state index in [1.807, 2.05) is 18.2 Å². The van der Waals surface area contributed by atoms with Crippen LogP contribution in [0.15, 0.2) is 18.2 Å². The van der Waals surface area contributed by atoms with Gasteiger partial charge >= 0.3 is 0 Å². The Morgan fingerprint density at radius 1 is 1.37 bits per heavy atom. The van der Waals surface area contributed by atoms with Gasteiger partial charge in [-0.3, -0.25) is 0 Å². The molecule has 1 aliphatic carbocycles. The summed E-state index contributed by atoms with van der Waals surface area (Å²) in [5.41, 5.74) is 2.12. The van der Waals surface area contributed by atoms with E-state index < -0.39 is 6.10 Å². The lowest BCUT2D eigenvalue weighted by Gasteiger charge is -2.16. The minimum atomic E-state index is -0.524. The third kappa shape index (κ3) is 3.48. The molecule has 2 rings (SSSR count). The van der Waals surface area contributed by atoms with Crippen LogP contribution >= 0.6 is 0 Å². The van der Waals surface area contributed by atoms with Crippen LogP contribution in [0.5, 0.6) is 5.75 Å². The molecule has 0 bridgehead atoms. The molecule has 3 nitrogen and oxygen atoms in total. The van der Waals surface area contributed by atoms with Gasteiger partial charge in [0.05, 0.1) is 13.2 Å². The van der Waals surface area contributed by atoms with Crippen LogP contribution in [0.2, 0.25) is 0 Å². The highest BCUT2D eigenvalue weighted by molar-refractivity contribution is 5.41. The van der Waals surface area contributed by atoms with Crippen molar-refractivity contribution in [2.75, 3.05) is 13.7 Å². The smallest absolute Gasteiger partial charge is 0.119 e. The minimum Gasteiger partial charge on any atom is -0.497 e. The number of aliphatic hydroxyl groups is 1. The molecule has 0 aliphatic heterocycles. The van der Waals surface area contributed by atoms with E-state index in [9.17, 15) is 5.11 Å². The van der Waals surface area contributed by atoms with E-state index in [1.165, 1.54) is 12.0 Å². The van der Waals surface area contributed by atoms with Gasteiger partial charge in [-0.2, -0.15) is 0 Å². The number of aliphatic hydroxyl groups excluding tert-OH is 1. The monoisotopic (exact) mass is 264 g/mol. The van der Waals surface area contributed by atoms with Crippen molar-refractivity contribution in [3.8, 4) is 5.75 Å². The summed E-state index contributed by atoms with van der Waals surface area (Å²) in [5, 5.41) is 10.3. The zero-order valence-electron chi connectivity index (χ0n) is 12.1. The molecule has 1 aromatic carbocycles. The van der Waals surface area contributed by atoms with Crippen molar-refractivity contribution < 1.29 is 14.6 Å².